The van der Waals surface area contributed by atoms with Crippen LogP contribution in [0.3, 0.4) is 0 Å². The van der Waals surface area contributed by atoms with E-state index in [0.717, 1.165) is 16.6 Å². The number of imidazole rings is 1. The lowest BCUT2D eigenvalue weighted by molar-refractivity contribution is 0.587. The summed E-state index contributed by atoms with van der Waals surface area (Å²) >= 11 is 3.33. The number of hydrogen-bond acceptors (Lipinski definition) is 2. The van der Waals surface area contributed by atoms with E-state index in [2.05, 4.69) is 20.9 Å². The van der Waals surface area contributed by atoms with Crippen LogP contribution in [-0.4, -0.2) is 9.55 Å². The maximum Gasteiger partial charge on any atom is 0.206 e. The second kappa shape index (κ2) is 4.56. The molecule has 0 fully saturated rings. The quantitative estimate of drug-likeness (QED) is 0.730. The predicted molar refractivity (Wildman–Crippen MR) is 77.8 cm³/mol. The van der Waals surface area contributed by atoms with Crippen molar-refractivity contribution >= 4 is 32.9 Å². The molecule has 102 valence electrons. The Balaban J connectivity index is 2.35. The largest absolute Gasteiger partial charge is 0.369 e. The number of aryl methyl sites for hydroxylation is 1. The maximum absolute atomic E-state index is 14.1. The zero-order chi connectivity index (χ0) is 14.4. The Morgan fingerprint density at radius 2 is 1.90 bits per heavy atom. The molecule has 1 heterocycles. The normalized spacial score (nSPS) is 11.2. The van der Waals surface area contributed by atoms with Crippen molar-refractivity contribution in [2.24, 2.45) is 0 Å². The van der Waals surface area contributed by atoms with E-state index >= 15 is 0 Å². The average Bonchev–Trinajstić information content (AvgIpc) is 2.69. The molecule has 20 heavy (non-hydrogen) atoms. The molecule has 2 aromatic carbocycles. The first-order chi connectivity index (χ1) is 9.47. The predicted octanol–water partition coefficient (Wildman–Crippen LogP) is 3.96. The van der Waals surface area contributed by atoms with E-state index in [1.807, 2.05) is 0 Å². The van der Waals surface area contributed by atoms with Crippen LogP contribution >= 0.6 is 15.9 Å². The van der Waals surface area contributed by atoms with Gasteiger partial charge < -0.3 is 5.73 Å². The third-order valence-corrected chi connectivity index (χ3v) is 3.60. The van der Waals surface area contributed by atoms with Crippen molar-refractivity contribution in [2.45, 2.75) is 6.92 Å². The summed E-state index contributed by atoms with van der Waals surface area (Å²) in [6.07, 6.45) is 0. The van der Waals surface area contributed by atoms with Crippen molar-refractivity contribution in [3.05, 3.63) is 52.0 Å². The van der Waals surface area contributed by atoms with Crippen molar-refractivity contribution < 1.29 is 8.78 Å². The van der Waals surface area contributed by atoms with E-state index in [9.17, 15) is 8.78 Å². The number of halogens is 3. The van der Waals surface area contributed by atoms with E-state index in [4.69, 9.17) is 5.73 Å². The van der Waals surface area contributed by atoms with Crippen molar-refractivity contribution in [1.82, 2.24) is 9.55 Å². The van der Waals surface area contributed by atoms with Crippen LogP contribution in [0.4, 0.5) is 14.7 Å². The molecule has 3 rings (SSSR count). The zero-order valence-corrected chi connectivity index (χ0v) is 12.1. The van der Waals surface area contributed by atoms with Gasteiger partial charge in [-0.15, -0.1) is 0 Å². The van der Waals surface area contributed by atoms with Gasteiger partial charge in [0.2, 0.25) is 5.95 Å². The van der Waals surface area contributed by atoms with Gasteiger partial charge in [-0.2, -0.15) is 0 Å². The molecule has 0 aliphatic heterocycles. The zero-order valence-electron chi connectivity index (χ0n) is 10.5. The van der Waals surface area contributed by atoms with Crippen LogP contribution in [-0.2, 0) is 0 Å². The number of hydrogen-bond donors (Lipinski definition) is 1. The monoisotopic (exact) mass is 337 g/mol. The summed E-state index contributed by atoms with van der Waals surface area (Å²) in [5.74, 6) is -0.919. The van der Waals surface area contributed by atoms with Gasteiger partial charge in [0.1, 0.15) is 11.6 Å². The summed E-state index contributed by atoms with van der Waals surface area (Å²) in [4.78, 5) is 4.17. The topological polar surface area (TPSA) is 43.8 Å². The highest BCUT2D eigenvalue weighted by molar-refractivity contribution is 9.10. The summed E-state index contributed by atoms with van der Waals surface area (Å²) in [6, 6.07) is 7.59. The van der Waals surface area contributed by atoms with E-state index in [1.165, 1.54) is 11.5 Å². The van der Waals surface area contributed by atoms with Crippen LogP contribution < -0.4 is 5.73 Å². The fourth-order valence-corrected chi connectivity index (χ4v) is 2.48. The first-order valence-electron chi connectivity index (χ1n) is 5.87. The summed E-state index contributed by atoms with van der Waals surface area (Å²) in [5.41, 5.74) is 7.37. The SMILES string of the molecule is Cc1cc(F)c(-n2c(N)nc3cc(Br)ccc32)cc1F. The van der Waals surface area contributed by atoms with E-state index in [-0.39, 0.29) is 17.2 Å². The Labute approximate surface area is 122 Å². The molecule has 0 saturated carbocycles. The molecule has 0 unspecified atom stereocenters. The molecule has 3 aromatic rings. The van der Waals surface area contributed by atoms with E-state index in [0.29, 0.717) is 11.0 Å². The highest BCUT2D eigenvalue weighted by atomic mass is 79.9. The van der Waals surface area contributed by atoms with Crippen molar-refractivity contribution in [3.63, 3.8) is 0 Å². The van der Waals surface area contributed by atoms with Crippen LogP contribution in [0.5, 0.6) is 0 Å². The van der Waals surface area contributed by atoms with Crippen LogP contribution in [0, 0.1) is 18.6 Å². The van der Waals surface area contributed by atoms with E-state index < -0.39 is 11.6 Å². The van der Waals surface area contributed by atoms with Crippen LogP contribution in [0.2, 0.25) is 0 Å². The molecule has 6 heteroatoms. The first-order valence-corrected chi connectivity index (χ1v) is 6.66. The lowest BCUT2D eigenvalue weighted by atomic mass is 10.2. The Hall–Kier alpha value is -1.95. The molecule has 2 N–H and O–H groups in total. The Morgan fingerprint density at radius 3 is 2.65 bits per heavy atom. The third kappa shape index (κ3) is 1.96. The standard InChI is InChI=1S/C14H10BrF2N3/c1-7-4-10(17)13(6-9(7)16)20-12-3-2-8(15)5-11(12)19-14(20)18/h2-6H,1H3,(H2,18,19). The Kier molecular flexibility index (Phi) is 2.97. The third-order valence-electron chi connectivity index (χ3n) is 3.11. The highest BCUT2D eigenvalue weighted by Gasteiger charge is 2.15. The van der Waals surface area contributed by atoms with Crippen molar-refractivity contribution in [1.29, 1.82) is 0 Å². The summed E-state index contributed by atoms with van der Waals surface area (Å²) < 4.78 is 30.0. The number of benzene rings is 2. The van der Waals surface area contributed by atoms with Crippen LogP contribution in [0.15, 0.2) is 34.8 Å². The summed E-state index contributed by atoms with van der Waals surface area (Å²) in [6.45, 7) is 1.51. The molecule has 0 aliphatic rings. The average molecular weight is 338 g/mol. The Bertz CT molecular complexity index is 827. The van der Waals surface area contributed by atoms with Gasteiger partial charge in [0, 0.05) is 10.5 Å². The molecule has 0 bridgehead atoms. The molecule has 0 amide bonds. The number of anilines is 1. The molecular formula is C14H10BrF2N3. The molecule has 0 saturated heterocycles. The van der Waals surface area contributed by atoms with Gasteiger partial charge in [0.05, 0.1) is 16.7 Å². The second-order valence-corrected chi connectivity index (χ2v) is 5.41. The molecule has 0 spiro atoms. The minimum Gasteiger partial charge on any atom is -0.369 e. The van der Waals surface area contributed by atoms with Gasteiger partial charge in [-0.3, -0.25) is 4.57 Å². The van der Waals surface area contributed by atoms with Gasteiger partial charge in [0.25, 0.3) is 0 Å². The van der Waals surface area contributed by atoms with Crippen molar-refractivity contribution in [3.8, 4) is 5.69 Å². The highest BCUT2D eigenvalue weighted by Crippen LogP contribution is 2.28. The van der Waals surface area contributed by atoms with Crippen molar-refractivity contribution in [2.75, 3.05) is 5.73 Å². The summed E-state index contributed by atoms with van der Waals surface area (Å²) in [7, 11) is 0. The smallest absolute Gasteiger partial charge is 0.206 e. The van der Waals surface area contributed by atoms with E-state index in [1.54, 1.807) is 18.2 Å². The lowest BCUT2D eigenvalue weighted by Gasteiger charge is -2.09. The number of nitrogens with zero attached hydrogens (tertiary/aromatic N) is 2. The number of nitrogen functional groups attached to an aromatic ring is 1. The minimum absolute atomic E-state index is 0.0513. The second-order valence-electron chi connectivity index (χ2n) is 4.49. The van der Waals surface area contributed by atoms with Crippen LogP contribution in [0.25, 0.3) is 16.7 Å². The number of nitrogens with two attached hydrogens (primary N) is 1. The Morgan fingerprint density at radius 1 is 1.15 bits per heavy atom. The fraction of sp³-hybridized carbons (Fsp3) is 0.0714. The van der Waals surface area contributed by atoms with Gasteiger partial charge in [-0.05, 0) is 36.8 Å². The molecular weight excluding hydrogens is 328 g/mol. The fourth-order valence-electron chi connectivity index (χ4n) is 2.13. The maximum atomic E-state index is 14.1. The van der Waals surface area contributed by atoms with Gasteiger partial charge >= 0.3 is 0 Å². The van der Waals surface area contributed by atoms with Gasteiger partial charge in [-0.1, -0.05) is 15.9 Å². The van der Waals surface area contributed by atoms with Gasteiger partial charge in [0.15, 0.2) is 0 Å². The number of aromatic nitrogens is 2. The molecule has 0 radical (unpaired) electrons. The molecule has 3 nitrogen and oxygen atoms in total. The van der Waals surface area contributed by atoms with Gasteiger partial charge in [-0.25, -0.2) is 13.8 Å². The molecule has 0 aliphatic carbocycles. The molecule has 0 atom stereocenters. The van der Waals surface area contributed by atoms with Crippen LogP contribution in [0.1, 0.15) is 5.56 Å². The molecule has 1 aromatic heterocycles. The number of rotatable bonds is 1. The number of fused-ring (bicyclic) bond motifs is 1. The lowest BCUT2D eigenvalue weighted by Crippen LogP contribution is -2.04. The summed E-state index contributed by atoms with van der Waals surface area (Å²) in [5, 5.41) is 0. The minimum atomic E-state index is -0.544. The first kappa shape index (κ1) is 13.1.